The van der Waals surface area contributed by atoms with Crippen molar-refractivity contribution in [3.63, 3.8) is 0 Å². The van der Waals surface area contributed by atoms with Gasteiger partial charge in [0.15, 0.2) is 0 Å². The van der Waals surface area contributed by atoms with Crippen LogP contribution in [0.4, 0.5) is 0 Å². The third kappa shape index (κ3) is 2.62. The first-order chi connectivity index (χ1) is 7.10. The second kappa shape index (κ2) is 5.01. The van der Waals surface area contributed by atoms with E-state index in [9.17, 15) is 5.11 Å². The molecular weight excluding hydrogens is 214 g/mol. The average molecular weight is 226 g/mol. The van der Waals surface area contributed by atoms with E-state index in [0.29, 0.717) is 16.3 Å². The molecule has 0 saturated heterocycles. The summed E-state index contributed by atoms with van der Waals surface area (Å²) in [5, 5.41) is 18.9. The van der Waals surface area contributed by atoms with Gasteiger partial charge in [-0.2, -0.15) is 5.26 Å². The lowest BCUT2D eigenvalue weighted by molar-refractivity contribution is 0.142. The molecule has 0 aliphatic carbocycles. The van der Waals surface area contributed by atoms with Crippen LogP contribution >= 0.6 is 11.6 Å². The third-order valence-electron chi connectivity index (χ3n) is 2.19. The second-order valence-corrected chi connectivity index (χ2v) is 3.66. The van der Waals surface area contributed by atoms with Crippen molar-refractivity contribution < 1.29 is 9.84 Å². The zero-order chi connectivity index (χ0) is 11.4. The van der Waals surface area contributed by atoms with Gasteiger partial charge in [-0.25, -0.2) is 0 Å². The van der Waals surface area contributed by atoms with Crippen molar-refractivity contribution in [2.45, 2.75) is 13.0 Å². The van der Waals surface area contributed by atoms with E-state index < -0.39 is 12.0 Å². The van der Waals surface area contributed by atoms with E-state index in [0.717, 1.165) is 0 Å². The van der Waals surface area contributed by atoms with Crippen molar-refractivity contribution in [3.05, 3.63) is 28.8 Å². The first-order valence-corrected chi connectivity index (χ1v) is 4.89. The van der Waals surface area contributed by atoms with Gasteiger partial charge in [-0.1, -0.05) is 17.7 Å². The van der Waals surface area contributed by atoms with Gasteiger partial charge in [-0.05, 0) is 24.6 Å². The van der Waals surface area contributed by atoms with Gasteiger partial charge in [0.1, 0.15) is 5.75 Å². The molecule has 15 heavy (non-hydrogen) atoms. The molecule has 0 bridgehead atoms. The summed E-state index contributed by atoms with van der Waals surface area (Å²) in [5.74, 6) is 0.0895. The number of rotatable bonds is 3. The van der Waals surface area contributed by atoms with Crippen LogP contribution in [0, 0.1) is 17.2 Å². The summed E-state index contributed by atoms with van der Waals surface area (Å²) < 4.78 is 4.99. The van der Waals surface area contributed by atoms with E-state index in [1.165, 1.54) is 7.11 Å². The Hall–Kier alpha value is -1.24. The van der Waals surface area contributed by atoms with Crippen LogP contribution in [0.25, 0.3) is 0 Å². The van der Waals surface area contributed by atoms with Crippen molar-refractivity contribution in [1.82, 2.24) is 0 Å². The van der Waals surface area contributed by atoms with Gasteiger partial charge in [-0.15, -0.1) is 0 Å². The Kier molecular flexibility index (Phi) is 3.96. The molecule has 0 aromatic heterocycles. The summed E-state index contributed by atoms with van der Waals surface area (Å²) in [7, 11) is 1.52. The first-order valence-electron chi connectivity index (χ1n) is 4.51. The molecule has 0 heterocycles. The minimum atomic E-state index is -0.821. The van der Waals surface area contributed by atoms with Gasteiger partial charge < -0.3 is 9.84 Å². The lowest BCUT2D eigenvalue weighted by atomic mass is 9.99. The highest BCUT2D eigenvalue weighted by molar-refractivity contribution is 6.32. The predicted octanol–water partition coefficient (Wildman–Crippen LogP) is 2.54. The Morgan fingerprint density at radius 1 is 1.53 bits per heavy atom. The van der Waals surface area contributed by atoms with E-state index in [1.54, 1.807) is 25.1 Å². The molecule has 1 aromatic carbocycles. The lowest BCUT2D eigenvalue weighted by Gasteiger charge is -2.14. The number of aliphatic hydroxyl groups excluding tert-OH is 1. The summed E-state index contributed by atoms with van der Waals surface area (Å²) >= 11 is 5.90. The Morgan fingerprint density at radius 3 is 2.67 bits per heavy atom. The number of hydrogen-bond acceptors (Lipinski definition) is 3. The van der Waals surface area contributed by atoms with Crippen LogP contribution in [0.3, 0.4) is 0 Å². The molecular formula is C11H12ClNO2. The summed E-state index contributed by atoms with van der Waals surface area (Å²) in [6, 6.07) is 6.97. The monoisotopic (exact) mass is 225 g/mol. The predicted molar refractivity (Wildman–Crippen MR) is 57.7 cm³/mol. The van der Waals surface area contributed by atoms with E-state index >= 15 is 0 Å². The van der Waals surface area contributed by atoms with Crippen LogP contribution in [0.1, 0.15) is 18.6 Å². The number of methoxy groups -OCH3 is 1. The number of aliphatic hydroxyl groups is 1. The first kappa shape index (κ1) is 11.8. The van der Waals surface area contributed by atoms with Crippen molar-refractivity contribution in [1.29, 1.82) is 5.26 Å². The van der Waals surface area contributed by atoms with Crippen molar-refractivity contribution >= 4 is 11.6 Å². The molecule has 0 aliphatic heterocycles. The van der Waals surface area contributed by atoms with Crippen LogP contribution < -0.4 is 4.74 Å². The zero-order valence-electron chi connectivity index (χ0n) is 8.57. The molecule has 1 rings (SSSR count). The third-order valence-corrected chi connectivity index (χ3v) is 2.49. The van der Waals surface area contributed by atoms with Gasteiger partial charge >= 0.3 is 0 Å². The minimum Gasteiger partial charge on any atom is -0.495 e. The maximum atomic E-state index is 9.76. The summed E-state index contributed by atoms with van der Waals surface area (Å²) in [5.41, 5.74) is 0.620. The molecule has 0 saturated carbocycles. The van der Waals surface area contributed by atoms with Crippen molar-refractivity contribution in [3.8, 4) is 11.8 Å². The Labute approximate surface area is 93.9 Å². The maximum absolute atomic E-state index is 9.76. The van der Waals surface area contributed by atoms with Gasteiger partial charge in [-0.3, -0.25) is 0 Å². The number of hydrogen-bond donors (Lipinski definition) is 1. The van der Waals surface area contributed by atoms with Gasteiger partial charge in [0, 0.05) is 0 Å². The molecule has 1 aromatic rings. The zero-order valence-corrected chi connectivity index (χ0v) is 9.32. The van der Waals surface area contributed by atoms with Crippen LogP contribution in [0.2, 0.25) is 5.02 Å². The lowest BCUT2D eigenvalue weighted by Crippen LogP contribution is -2.06. The average Bonchev–Trinajstić information content (AvgIpc) is 2.26. The molecule has 0 spiro atoms. The van der Waals surface area contributed by atoms with Crippen LogP contribution in [-0.2, 0) is 0 Å². The molecule has 0 fully saturated rings. The molecule has 3 nitrogen and oxygen atoms in total. The van der Waals surface area contributed by atoms with Crippen molar-refractivity contribution in [2.75, 3.05) is 7.11 Å². The fourth-order valence-electron chi connectivity index (χ4n) is 1.23. The number of halogens is 1. The highest BCUT2D eigenvalue weighted by atomic mass is 35.5. The molecule has 1 N–H and O–H groups in total. The number of nitrogens with zero attached hydrogens (tertiary/aromatic N) is 1. The Balaban J connectivity index is 2.98. The highest BCUT2D eigenvalue weighted by Gasteiger charge is 2.16. The molecule has 2 atom stereocenters. The molecule has 2 unspecified atom stereocenters. The van der Waals surface area contributed by atoms with Crippen LogP contribution in [0.5, 0.6) is 5.75 Å². The van der Waals surface area contributed by atoms with Crippen LogP contribution in [-0.4, -0.2) is 12.2 Å². The summed E-state index contributed by atoms with van der Waals surface area (Å²) in [6.07, 6.45) is -0.821. The fourth-order valence-corrected chi connectivity index (χ4v) is 1.49. The fraction of sp³-hybridized carbons (Fsp3) is 0.364. The van der Waals surface area contributed by atoms with Gasteiger partial charge in [0.05, 0.1) is 30.2 Å². The maximum Gasteiger partial charge on any atom is 0.137 e. The topological polar surface area (TPSA) is 53.2 Å². The molecule has 0 radical (unpaired) electrons. The number of ether oxygens (including phenoxy) is 1. The smallest absolute Gasteiger partial charge is 0.137 e. The van der Waals surface area contributed by atoms with Gasteiger partial charge in [0.2, 0.25) is 0 Å². The largest absolute Gasteiger partial charge is 0.495 e. The quantitative estimate of drug-likeness (QED) is 0.860. The summed E-state index contributed by atoms with van der Waals surface area (Å²) in [6.45, 7) is 1.66. The normalized spacial score (nSPS) is 14.1. The number of benzene rings is 1. The Bertz CT molecular complexity index is 387. The molecule has 80 valence electrons. The second-order valence-electron chi connectivity index (χ2n) is 3.26. The standard InChI is InChI=1S/C11H12ClNO2/c1-7(6-13)11(14)8-3-4-10(15-2)9(12)5-8/h3-5,7,11,14H,1-2H3. The number of nitriles is 1. The van der Waals surface area contributed by atoms with Crippen molar-refractivity contribution in [2.24, 2.45) is 5.92 Å². The van der Waals surface area contributed by atoms with E-state index in [1.807, 2.05) is 6.07 Å². The Morgan fingerprint density at radius 2 is 2.20 bits per heavy atom. The van der Waals surface area contributed by atoms with E-state index in [4.69, 9.17) is 21.6 Å². The SMILES string of the molecule is COc1ccc(C(O)C(C)C#N)cc1Cl. The molecule has 4 heteroatoms. The molecule has 0 aliphatic rings. The van der Waals surface area contributed by atoms with E-state index in [-0.39, 0.29) is 0 Å². The highest BCUT2D eigenvalue weighted by Crippen LogP contribution is 2.29. The minimum absolute atomic E-state index is 0.430. The van der Waals surface area contributed by atoms with Gasteiger partial charge in [0.25, 0.3) is 0 Å². The van der Waals surface area contributed by atoms with Crippen LogP contribution in [0.15, 0.2) is 18.2 Å². The van der Waals surface area contributed by atoms with E-state index in [2.05, 4.69) is 0 Å². The molecule has 0 amide bonds. The summed E-state index contributed by atoms with van der Waals surface area (Å²) in [4.78, 5) is 0.